The number of anilines is 1. The topological polar surface area (TPSA) is 102 Å². The van der Waals surface area contributed by atoms with E-state index in [0.29, 0.717) is 60.6 Å². The molecule has 0 bridgehead atoms. The first-order chi connectivity index (χ1) is 19.6. The molecule has 0 unspecified atom stereocenters. The van der Waals surface area contributed by atoms with Gasteiger partial charge in [0.05, 0.1) is 24.0 Å². The lowest BCUT2D eigenvalue weighted by atomic mass is 9.93. The van der Waals surface area contributed by atoms with E-state index in [1.54, 1.807) is 29.2 Å². The number of carbonyl (C=O) groups is 2. The number of amides is 3. The molecule has 0 aromatic heterocycles. The van der Waals surface area contributed by atoms with Crippen LogP contribution in [0.3, 0.4) is 0 Å². The van der Waals surface area contributed by atoms with Crippen LogP contribution in [-0.4, -0.2) is 81.7 Å². The first kappa shape index (κ1) is 29.2. The molecule has 2 N–H and O–H groups in total. The third kappa shape index (κ3) is 6.78. The Balaban J connectivity index is 1.32. The minimum atomic E-state index is -3.66. The lowest BCUT2D eigenvalue weighted by Crippen LogP contribution is -2.61. The Kier molecular flexibility index (Phi) is 8.74. The lowest BCUT2D eigenvalue weighted by Gasteiger charge is -2.48. The molecule has 2 saturated heterocycles. The van der Waals surface area contributed by atoms with Crippen LogP contribution >= 0.6 is 23.2 Å². The van der Waals surface area contributed by atoms with Crippen molar-refractivity contribution in [2.75, 3.05) is 49.8 Å². The van der Waals surface area contributed by atoms with Crippen LogP contribution in [0.5, 0.6) is 0 Å². The van der Waals surface area contributed by atoms with Crippen LogP contribution in [0.4, 0.5) is 10.5 Å². The smallest absolute Gasteiger partial charge is 0.317 e. The molecule has 2 aliphatic rings. The van der Waals surface area contributed by atoms with Crippen molar-refractivity contribution in [2.24, 2.45) is 0 Å². The van der Waals surface area contributed by atoms with E-state index in [1.807, 2.05) is 48.5 Å². The highest BCUT2D eigenvalue weighted by molar-refractivity contribution is 7.92. The number of likely N-dealkylation sites (tertiary alicyclic amines) is 1. The average molecular weight is 617 g/mol. The summed E-state index contributed by atoms with van der Waals surface area (Å²) in [5, 5.41) is 6.82. The van der Waals surface area contributed by atoms with Crippen LogP contribution in [0.15, 0.2) is 72.8 Å². The van der Waals surface area contributed by atoms with Crippen LogP contribution in [-0.2, 0) is 10.0 Å². The zero-order chi connectivity index (χ0) is 29.1. The van der Waals surface area contributed by atoms with Gasteiger partial charge < -0.3 is 15.5 Å². The van der Waals surface area contributed by atoms with E-state index in [1.165, 1.54) is 10.6 Å². The first-order valence-electron chi connectivity index (χ1n) is 13.3. The van der Waals surface area contributed by atoms with Gasteiger partial charge in [-0.3, -0.25) is 14.0 Å². The van der Waals surface area contributed by atoms with E-state index in [9.17, 15) is 18.0 Å². The summed E-state index contributed by atoms with van der Waals surface area (Å²) < 4.78 is 27.4. The monoisotopic (exact) mass is 615 g/mol. The number of nitrogens with one attached hydrogen (secondary N) is 2. The van der Waals surface area contributed by atoms with Crippen LogP contribution in [0, 0.1) is 0 Å². The molecule has 3 amide bonds. The van der Waals surface area contributed by atoms with Crippen LogP contribution < -0.4 is 14.9 Å². The number of hydrogen-bond acceptors (Lipinski definition) is 5. The normalized spacial score (nSPS) is 16.0. The second-order valence-corrected chi connectivity index (χ2v) is 12.9. The molecule has 5 rings (SSSR count). The Hall–Kier alpha value is -3.31. The fraction of sp³-hybridized carbons (Fsp3) is 0.310. The quantitative estimate of drug-likeness (QED) is 0.359. The molecule has 0 spiro atoms. The van der Waals surface area contributed by atoms with Gasteiger partial charge >= 0.3 is 6.03 Å². The van der Waals surface area contributed by atoms with Gasteiger partial charge in [0.25, 0.3) is 5.91 Å². The number of rotatable bonds is 10. The summed E-state index contributed by atoms with van der Waals surface area (Å²) in [7, 11) is -3.66. The van der Waals surface area contributed by atoms with E-state index in [0.717, 1.165) is 11.1 Å². The van der Waals surface area contributed by atoms with Gasteiger partial charge in [0.1, 0.15) is 0 Å². The highest BCUT2D eigenvalue weighted by Gasteiger charge is 2.40. The third-order valence-electron chi connectivity index (χ3n) is 7.29. The molecule has 3 aromatic carbocycles. The summed E-state index contributed by atoms with van der Waals surface area (Å²) in [5.74, 6) is -0.333. The summed E-state index contributed by atoms with van der Waals surface area (Å²) in [6.07, 6.45) is 1.18. The van der Waals surface area contributed by atoms with Crippen molar-refractivity contribution in [1.29, 1.82) is 0 Å². The van der Waals surface area contributed by atoms with Gasteiger partial charge in [0.15, 0.2) is 0 Å². The third-order valence-corrected chi connectivity index (χ3v) is 9.02. The molecular weight excluding hydrogens is 585 g/mol. The van der Waals surface area contributed by atoms with E-state index < -0.39 is 10.0 Å². The van der Waals surface area contributed by atoms with E-state index >= 15 is 0 Å². The molecule has 9 nitrogen and oxygen atoms in total. The molecule has 12 heteroatoms. The largest absolute Gasteiger partial charge is 0.350 e. The summed E-state index contributed by atoms with van der Waals surface area (Å²) >= 11 is 12.3. The zero-order valence-corrected chi connectivity index (χ0v) is 24.8. The minimum Gasteiger partial charge on any atom is -0.350 e. The van der Waals surface area contributed by atoms with Gasteiger partial charge in [-0.15, -0.1) is 0 Å². The summed E-state index contributed by atoms with van der Waals surface area (Å²) in [4.78, 5) is 28.4. The maximum Gasteiger partial charge on any atom is 0.317 e. The standard InChI is InChI=1S/C29H31Cl2N5O4S/c1-41(39,40)36(25-4-2-3-22(17-25)28(37)32-13-15-34-16-14-33-29(34)38)26-18-35(19-26)27(20-5-9-23(30)10-6-20)21-7-11-24(31)12-8-21/h2-12,17,26-27H,13-16,18-19H2,1H3,(H,32,37)(H,33,38). The number of sulfonamides is 1. The summed E-state index contributed by atoms with van der Waals surface area (Å²) in [6, 6.07) is 21.3. The van der Waals surface area contributed by atoms with Crippen molar-refractivity contribution < 1.29 is 18.0 Å². The predicted octanol–water partition coefficient (Wildman–Crippen LogP) is 3.99. The van der Waals surface area contributed by atoms with Gasteiger partial charge in [-0.25, -0.2) is 13.2 Å². The lowest BCUT2D eigenvalue weighted by molar-refractivity contribution is 0.0950. The maximum absolute atomic E-state index is 13.0. The first-order valence-corrected chi connectivity index (χ1v) is 15.9. The number of hydrogen-bond donors (Lipinski definition) is 2. The second-order valence-electron chi connectivity index (χ2n) is 10.2. The minimum absolute atomic E-state index is 0.114. The Morgan fingerprint density at radius 2 is 1.63 bits per heavy atom. The van der Waals surface area contributed by atoms with Crippen molar-refractivity contribution in [1.82, 2.24) is 20.4 Å². The Morgan fingerprint density at radius 3 is 2.17 bits per heavy atom. The van der Waals surface area contributed by atoms with Gasteiger partial charge in [-0.1, -0.05) is 53.5 Å². The van der Waals surface area contributed by atoms with Crippen molar-refractivity contribution in [3.8, 4) is 0 Å². The Morgan fingerprint density at radius 1 is 1.02 bits per heavy atom. The molecular formula is C29H31Cl2N5O4S. The molecule has 2 aliphatic heterocycles. The zero-order valence-electron chi connectivity index (χ0n) is 22.5. The van der Waals surface area contributed by atoms with E-state index in [-0.39, 0.29) is 24.0 Å². The van der Waals surface area contributed by atoms with Gasteiger partial charge in [0, 0.05) is 54.9 Å². The van der Waals surface area contributed by atoms with E-state index in [2.05, 4.69) is 15.5 Å². The molecule has 0 saturated carbocycles. The predicted molar refractivity (Wildman–Crippen MR) is 161 cm³/mol. The van der Waals surface area contributed by atoms with Crippen molar-refractivity contribution >= 4 is 50.9 Å². The molecule has 2 heterocycles. The Bertz CT molecular complexity index is 1470. The summed E-state index contributed by atoms with van der Waals surface area (Å²) in [5.41, 5.74) is 2.84. The molecule has 0 radical (unpaired) electrons. The average Bonchev–Trinajstić information content (AvgIpc) is 3.33. The van der Waals surface area contributed by atoms with Gasteiger partial charge in [-0.2, -0.15) is 0 Å². The molecule has 0 atom stereocenters. The van der Waals surface area contributed by atoms with Crippen molar-refractivity contribution in [3.05, 3.63) is 99.5 Å². The Labute approximate surface area is 250 Å². The fourth-order valence-corrected chi connectivity index (χ4v) is 6.76. The number of carbonyl (C=O) groups excluding carboxylic acids is 2. The number of benzene rings is 3. The van der Waals surface area contributed by atoms with Crippen molar-refractivity contribution in [2.45, 2.75) is 12.1 Å². The number of urea groups is 1. The van der Waals surface area contributed by atoms with E-state index in [4.69, 9.17) is 23.2 Å². The van der Waals surface area contributed by atoms with Crippen LogP contribution in [0.2, 0.25) is 10.0 Å². The van der Waals surface area contributed by atoms with Crippen LogP contribution in [0.1, 0.15) is 27.5 Å². The van der Waals surface area contributed by atoms with Gasteiger partial charge in [-0.05, 0) is 53.6 Å². The fourth-order valence-electron chi connectivity index (χ4n) is 5.34. The maximum atomic E-state index is 13.0. The number of halogens is 2. The number of nitrogens with zero attached hydrogens (tertiary/aromatic N) is 3. The SMILES string of the molecule is CS(=O)(=O)N(c1cccc(C(=O)NCCN2CCNC2=O)c1)C1CN(C(c2ccc(Cl)cc2)c2ccc(Cl)cc2)C1. The molecule has 3 aromatic rings. The molecule has 41 heavy (non-hydrogen) atoms. The van der Waals surface area contributed by atoms with Crippen molar-refractivity contribution in [3.63, 3.8) is 0 Å². The summed E-state index contributed by atoms with van der Waals surface area (Å²) in [6.45, 7) is 2.85. The molecule has 0 aliphatic carbocycles. The van der Waals surface area contributed by atoms with Crippen LogP contribution in [0.25, 0.3) is 0 Å². The highest BCUT2D eigenvalue weighted by Crippen LogP contribution is 2.36. The van der Waals surface area contributed by atoms with Gasteiger partial charge in [0.2, 0.25) is 10.0 Å². The molecule has 216 valence electrons. The molecule has 2 fully saturated rings. The second kappa shape index (κ2) is 12.3. The highest BCUT2D eigenvalue weighted by atomic mass is 35.5.